The lowest BCUT2D eigenvalue weighted by molar-refractivity contribution is 0.435. The van der Waals surface area contributed by atoms with E-state index in [-0.39, 0.29) is 10.6 Å². The molecule has 1 saturated heterocycles. The third-order valence-corrected chi connectivity index (χ3v) is 4.88. The first-order chi connectivity index (χ1) is 9.45. The second-order valence-electron chi connectivity index (χ2n) is 5.37. The van der Waals surface area contributed by atoms with Gasteiger partial charge in [-0.2, -0.15) is 0 Å². The van der Waals surface area contributed by atoms with Gasteiger partial charge in [-0.05, 0) is 37.8 Å². The van der Waals surface area contributed by atoms with Crippen LogP contribution in [0.3, 0.4) is 0 Å². The van der Waals surface area contributed by atoms with E-state index in [9.17, 15) is 8.42 Å². The normalized spacial score (nSPS) is 20.1. The molecule has 1 heterocycles. The molecule has 0 spiro atoms. The minimum absolute atomic E-state index is 0.0239. The molecule has 0 aromatic heterocycles. The van der Waals surface area contributed by atoms with Crippen LogP contribution in [0, 0.1) is 0 Å². The Morgan fingerprint density at radius 1 is 1.35 bits per heavy atom. The van der Waals surface area contributed by atoms with E-state index < -0.39 is 10.0 Å². The quantitative estimate of drug-likeness (QED) is 0.833. The monoisotopic (exact) mass is 297 g/mol. The Hall–Kier alpha value is -1.27. The van der Waals surface area contributed by atoms with Crippen LogP contribution in [-0.2, 0) is 10.0 Å². The molecule has 1 aliphatic heterocycles. The van der Waals surface area contributed by atoms with Crippen LogP contribution in [0.4, 0.5) is 11.4 Å². The summed E-state index contributed by atoms with van der Waals surface area (Å²) in [5.41, 5.74) is 7.13. The number of benzene rings is 1. The summed E-state index contributed by atoms with van der Waals surface area (Å²) in [5, 5.41) is 5.22. The summed E-state index contributed by atoms with van der Waals surface area (Å²) >= 11 is 0. The fourth-order valence-electron chi connectivity index (χ4n) is 2.98. The number of nitrogens with zero attached hydrogens (tertiary/aromatic N) is 1. The smallest absolute Gasteiger partial charge is 0.240 e. The first-order valence-electron chi connectivity index (χ1n) is 7.13. The van der Waals surface area contributed by atoms with Gasteiger partial charge in [-0.1, -0.05) is 19.4 Å². The molecule has 0 radical (unpaired) electrons. The Bertz CT molecular complexity index is 570. The summed E-state index contributed by atoms with van der Waals surface area (Å²) in [6.45, 7) is 3.08. The molecule has 6 heteroatoms. The topological polar surface area (TPSA) is 89.4 Å². The fraction of sp³-hybridized carbons (Fsp3) is 0.571. The molecular weight excluding hydrogens is 274 g/mol. The van der Waals surface area contributed by atoms with Crippen molar-refractivity contribution in [2.24, 2.45) is 5.14 Å². The van der Waals surface area contributed by atoms with E-state index >= 15 is 0 Å². The van der Waals surface area contributed by atoms with Crippen LogP contribution in [0.1, 0.15) is 39.0 Å². The van der Waals surface area contributed by atoms with Crippen LogP contribution in [0.15, 0.2) is 23.1 Å². The van der Waals surface area contributed by atoms with Gasteiger partial charge in [0.25, 0.3) is 0 Å². The fourth-order valence-corrected chi connectivity index (χ4v) is 3.66. The first kappa shape index (κ1) is 15.1. The Morgan fingerprint density at radius 3 is 2.75 bits per heavy atom. The summed E-state index contributed by atoms with van der Waals surface area (Å²) in [7, 11) is -3.78. The summed E-state index contributed by atoms with van der Waals surface area (Å²) in [6, 6.07) is 5.50. The van der Waals surface area contributed by atoms with Crippen molar-refractivity contribution in [1.82, 2.24) is 0 Å². The van der Waals surface area contributed by atoms with Gasteiger partial charge < -0.3 is 10.6 Å². The second-order valence-corrected chi connectivity index (χ2v) is 6.90. The zero-order valence-electron chi connectivity index (χ0n) is 11.9. The highest BCUT2D eigenvalue weighted by Crippen LogP contribution is 2.34. The summed E-state index contributed by atoms with van der Waals surface area (Å²) in [4.78, 5) is 2.27. The van der Waals surface area contributed by atoms with Gasteiger partial charge in [0.2, 0.25) is 10.0 Å². The Kier molecular flexibility index (Phi) is 4.55. The van der Waals surface area contributed by atoms with E-state index in [4.69, 9.17) is 10.9 Å². The first-order valence-corrected chi connectivity index (χ1v) is 8.67. The number of sulfonamides is 1. The van der Waals surface area contributed by atoms with Crippen LogP contribution in [-0.4, -0.2) is 21.0 Å². The maximum atomic E-state index is 11.6. The van der Waals surface area contributed by atoms with Crippen LogP contribution in [0.2, 0.25) is 0 Å². The SMILES string of the molecule is CCCC1CCCCN1c1cccc(S(N)(=O)=O)c1N. The molecular formula is C14H23N3O2S. The summed E-state index contributed by atoms with van der Waals surface area (Å²) in [5.74, 6) is 0. The molecule has 1 aromatic carbocycles. The Morgan fingerprint density at radius 2 is 2.10 bits per heavy atom. The lowest BCUT2D eigenvalue weighted by atomic mass is 9.97. The number of anilines is 2. The van der Waals surface area contributed by atoms with Gasteiger partial charge in [-0.15, -0.1) is 0 Å². The minimum atomic E-state index is -3.78. The largest absolute Gasteiger partial charge is 0.396 e. The highest BCUT2D eigenvalue weighted by atomic mass is 32.2. The van der Waals surface area contributed by atoms with Crippen LogP contribution < -0.4 is 15.8 Å². The molecule has 0 bridgehead atoms. The Balaban J connectivity index is 2.41. The molecule has 112 valence electrons. The standard InChI is InChI=1S/C14H23N3O2S/c1-2-6-11-7-3-4-10-17(11)12-8-5-9-13(14(12)15)20(16,18)19/h5,8-9,11H,2-4,6-7,10,15H2,1H3,(H2,16,18,19). The van der Waals surface area contributed by atoms with E-state index in [2.05, 4.69) is 11.8 Å². The van der Waals surface area contributed by atoms with E-state index in [0.717, 1.165) is 37.9 Å². The van der Waals surface area contributed by atoms with Gasteiger partial charge in [0.05, 0.1) is 11.4 Å². The molecule has 5 nitrogen and oxygen atoms in total. The highest BCUT2D eigenvalue weighted by Gasteiger charge is 2.25. The van der Waals surface area contributed by atoms with Crippen LogP contribution >= 0.6 is 0 Å². The number of nitrogen functional groups attached to an aromatic ring is 1. The number of primary sulfonamides is 1. The maximum Gasteiger partial charge on any atom is 0.240 e. The molecule has 0 aliphatic carbocycles. The van der Waals surface area contributed by atoms with E-state index in [1.165, 1.54) is 12.5 Å². The number of nitrogens with two attached hydrogens (primary N) is 2. The Labute approximate surface area is 121 Å². The molecule has 1 aliphatic rings. The molecule has 1 aromatic rings. The van der Waals surface area contributed by atoms with E-state index in [1.807, 2.05) is 6.07 Å². The van der Waals surface area contributed by atoms with Gasteiger partial charge in [0.1, 0.15) is 4.90 Å². The molecule has 2 rings (SSSR count). The number of hydrogen-bond donors (Lipinski definition) is 2. The highest BCUT2D eigenvalue weighted by molar-refractivity contribution is 7.89. The molecule has 0 amide bonds. The van der Waals surface area contributed by atoms with Gasteiger partial charge >= 0.3 is 0 Å². The van der Waals surface area contributed by atoms with E-state index in [1.54, 1.807) is 6.07 Å². The third kappa shape index (κ3) is 3.07. The predicted octanol–water partition coefficient (Wildman–Crippen LogP) is 2.08. The summed E-state index contributed by atoms with van der Waals surface area (Å²) in [6.07, 6.45) is 5.66. The minimum Gasteiger partial charge on any atom is -0.396 e. The number of para-hydroxylation sites is 1. The molecule has 20 heavy (non-hydrogen) atoms. The lowest BCUT2D eigenvalue weighted by Crippen LogP contribution is -2.40. The van der Waals surface area contributed by atoms with Crippen molar-refractivity contribution in [1.29, 1.82) is 0 Å². The lowest BCUT2D eigenvalue weighted by Gasteiger charge is -2.38. The van der Waals surface area contributed by atoms with Crippen molar-refractivity contribution >= 4 is 21.4 Å². The van der Waals surface area contributed by atoms with Crippen LogP contribution in [0.25, 0.3) is 0 Å². The van der Waals surface area contributed by atoms with Crippen molar-refractivity contribution < 1.29 is 8.42 Å². The van der Waals surface area contributed by atoms with Crippen molar-refractivity contribution in [3.63, 3.8) is 0 Å². The zero-order valence-corrected chi connectivity index (χ0v) is 12.7. The number of hydrogen-bond acceptors (Lipinski definition) is 4. The van der Waals surface area contributed by atoms with Crippen molar-refractivity contribution in [2.75, 3.05) is 17.2 Å². The van der Waals surface area contributed by atoms with Gasteiger partial charge in [0, 0.05) is 12.6 Å². The van der Waals surface area contributed by atoms with Gasteiger partial charge in [-0.3, -0.25) is 0 Å². The molecule has 4 N–H and O–H groups in total. The average Bonchev–Trinajstić information content (AvgIpc) is 2.39. The number of rotatable bonds is 4. The van der Waals surface area contributed by atoms with Crippen molar-refractivity contribution in [2.45, 2.75) is 50.0 Å². The second kappa shape index (κ2) is 6.01. The predicted molar refractivity (Wildman–Crippen MR) is 82.1 cm³/mol. The average molecular weight is 297 g/mol. The van der Waals surface area contributed by atoms with Crippen molar-refractivity contribution in [3.05, 3.63) is 18.2 Å². The van der Waals surface area contributed by atoms with Crippen molar-refractivity contribution in [3.8, 4) is 0 Å². The third-order valence-electron chi connectivity index (χ3n) is 3.91. The number of piperidine rings is 1. The molecule has 1 unspecified atom stereocenters. The molecule has 0 saturated carbocycles. The van der Waals surface area contributed by atoms with Crippen LogP contribution in [0.5, 0.6) is 0 Å². The van der Waals surface area contributed by atoms with E-state index in [0.29, 0.717) is 6.04 Å². The van der Waals surface area contributed by atoms with Gasteiger partial charge in [-0.25, -0.2) is 13.6 Å². The zero-order chi connectivity index (χ0) is 14.8. The van der Waals surface area contributed by atoms with Gasteiger partial charge in [0.15, 0.2) is 0 Å². The summed E-state index contributed by atoms with van der Waals surface area (Å²) < 4.78 is 23.2. The molecule has 1 atom stereocenters. The molecule has 1 fully saturated rings. The maximum absolute atomic E-state index is 11.6.